The van der Waals surface area contributed by atoms with Gasteiger partial charge in [0.05, 0.1) is 6.61 Å². The molecule has 8 heteroatoms. The minimum atomic E-state index is -4.56. The Morgan fingerprint density at radius 2 is 1.86 bits per heavy atom. The van der Waals surface area contributed by atoms with E-state index in [-0.39, 0.29) is 12.6 Å². The summed E-state index contributed by atoms with van der Waals surface area (Å²) < 4.78 is 44.6. The molecule has 0 bridgehead atoms. The minimum Gasteiger partial charge on any atom is -0.477 e. The van der Waals surface area contributed by atoms with Gasteiger partial charge in [-0.1, -0.05) is 15.9 Å². The van der Waals surface area contributed by atoms with Crippen LogP contribution in [0, 0.1) is 0 Å². The van der Waals surface area contributed by atoms with E-state index in [0.29, 0.717) is 0 Å². The summed E-state index contributed by atoms with van der Waals surface area (Å²) in [7, 11) is 1.67. The van der Waals surface area contributed by atoms with Gasteiger partial charge in [-0.05, 0) is 31.2 Å². The van der Waals surface area contributed by atoms with E-state index in [4.69, 9.17) is 4.74 Å². The smallest absolute Gasteiger partial charge is 0.423 e. The van der Waals surface area contributed by atoms with Crippen LogP contribution in [0.2, 0.25) is 0 Å². The molecule has 0 atom stereocenters. The van der Waals surface area contributed by atoms with Crippen LogP contribution in [-0.2, 0) is 6.18 Å². The van der Waals surface area contributed by atoms with Crippen LogP contribution in [0.1, 0.15) is 12.5 Å². The van der Waals surface area contributed by atoms with Gasteiger partial charge in [0, 0.05) is 23.4 Å². The maximum absolute atomic E-state index is 12.9. The van der Waals surface area contributed by atoms with Crippen LogP contribution in [-0.4, -0.2) is 23.6 Å². The topological polar surface area (TPSA) is 38.2 Å². The summed E-state index contributed by atoms with van der Waals surface area (Å²) in [4.78, 5) is 9.26. The Hall–Kier alpha value is -1.83. The van der Waals surface area contributed by atoms with Gasteiger partial charge in [0.1, 0.15) is 5.56 Å². The SMILES string of the molecule is CCOc1nc(N(C)c2ccc(Br)cc2)ncc1C(F)(F)F. The van der Waals surface area contributed by atoms with Gasteiger partial charge in [0.25, 0.3) is 0 Å². The zero-order valence-electron chi connectivity index (χ0n) is 11.9. The number of alkyl halides is 3. The van der Waals surface area contributed by atoms with Gasteiger partial charge in [-0.2, -0.15) is 18.2 Å². The molecular weight excluding hydrogens is 363 g/mol. The standard InChI is InChI=1S/C14H13BrF3N3O/c1-3-22-12-11(14(16,17)18)8-19-13(20-12)21(2)10-6-4-9(15)5-7-10/h4-8H,3H2,1-2H3. The highest BCUT2D eigenvalue weighted by Gasteiger charge is 2.36. The zero-order chi connectivity index (χ0) is 16.3. The van der Waals surface area contributed by atoms with Crippen LogP contribution < -0.4 is 9.64 Å². The van der Waals surface area contributed by atoms with Crippen molar-refractivity contribution in [2.24, 2.45) is 0 Å². The fourth-order valence-electron chi connectivity index (χ4n) is 1.74. The molecule has 118 valence electrons. The van der Waals surface area contributed by atoms with Crippen LogP contribution in [0.4, 0.5) is 24.8 Å². The highest BCUT2D eigenvalue weighted by atomic mass is 79.9. The number of aromatic nitrogens is 2. The molecular formula is C14H13BrF3N3O. The number of hydrogen-bond donors (Lipinski definition) is 0. The third-order valence-electron chi connectivity index (χ3n) is 2.84. The van der Waals surface area contributed by atoms with Crippen molar-refractivity contribution in [2.45, 2.75) is 13.1 Å². The second kappa shape index (κ2) is 6.51. The van der Waals surface area contributed by atoms with Crippen LogP contribution in [0.5, 0.6) is 5.88 Å². The van der Waals surface area contributed by atoms with Gasteiger partial charge < -0.3 is 9.64 Å². The molecule has 0 aliphatic carbocycles. The molecule has 0 saturated carbocycles. The summed E-state index contributed by atoms with van der Waals surface area (Å²) in [5.74, 6) is -0.345. The van der Waals surface area contributed by atoms with Crippen molar-refractivity contribution >= 4 is 27.6 Å². The van der Waals surface area contributed by atoms with Gasteiger partial charge in [-0.3, -0.25) is 0 Å². The molecule has 22 heavy (non-hydrogen) atoms. The number of hydrogen-bond acceptors (Lipinski definition) is 4. The number of rotatable bonds is 4. The quantitative estimate of drug-likeness (QED) is 0.792. The van der Waals surface area contributed by atoms with Gasteiger partial charge in [0.2, 0.25) is 11.8 Å². The van der Waals surface area contributed by atoms with Gasteiger partial charge >= 0.3 is 6.18 Å². The van der Waals surface area contributed by atoms with Crippen molar-refractivity contribution < 1.29 is 17.9 Å². The molecule has 0 N–H and O–H groups in total. The first-order valence-corrected chi connectivity index (χ1v) is 7.18. The molecule has 2 aromatic rings. The highest BCUT2D eigenvalue weighted by Crippen LogP contribution is 2.36. The lowest BCUT2D eigenvalue weighted by Gasteiger charge is -2.19. The van der Waals surface area contributed by atoms with E-state index in [1.54, 1.807) is 31.0 Å². The molecule has 1 heterocycles. The van der Waals surface area contributed by atoms with E-state index in [0.717, 1.165) is 16.4 Å². The highest BCUT2D eigenvalue weighted by molar-refractivity contribution is 9.10. The summed E-state index contributed by atoms with van der Waals surface area (Å²) >= 11 is 3.32. The van der Waals surface area contributed by atoms with Crippen molar-refractivity contribution in [3.05, 3.63) is 40.5 Å². The molecule has 4 nitrogen and oxygen atoms in total. The Labute approximate surface area is 134 Å². The monoisotopic (exact) mass is 375 g/mol. The van der Waals surface area contributed by atoms with E-state index >= 15 is 0 Å². The van der Waals surface area contributed by atoms with E-state index < -0.39 is 17.6 Å². The molecule has 0 aliphatic rings. The predicted molar refractivity (Wildman–Crippen MR) is 80.4 cm³/mol. The largest absolute Gasteiger partial charge is 0.477 e. The zero-order valence-corrected chi connectivity index (χ0v) is 13.4. The maximum Gasteiger partial charge on any atom is 0.423 e. The van der Waals surface area contributed by atoms with Gasteiger partial charge in [-0.15, -0.1) is 0 Å². The minimum absolute atomic E-state index is 0.0849. The lowest BCUT2D eigenvalue weighted by atomic mass is 10.3. The molecule has 0 unspecified atom stereocenters. The third kappa shape index (κ3) is 3.68. The molecule has 0 amide bonds. The first-order valence-electron chi connectivity index (χ1n) is 6.39. The first kappa shape index (κ1) is 16.5. The first-order chi connectivity index (χ1) is 10.3. The molecule has 0 saturated heterocycles. The summed E-state index contributed by atoms with van der Waals surface area (Å²) in [6, 6.07) is 7.23. The summed E-state index contributed by atoms with van der Waals surface area (Å²) in [5.41, 5.74) is -0.243. The van der Waals surface area contributed by atoms with Crippen molar-refractivity contribution in [3.63, 3.8) is 0 Å². The van der Waals surface area contributed by atoms with Crippen LogP contribution in [0.3, 0.4) is 0 Å². The van der Waals surface area contributed by atoms with Crippen molar-refractivity contribution in [3.8, 4) is 5.88 Å². The number of anilines is 2. The molecule has 0 spiro atoms. The fraction of sp³-hybridized carbons (Fsp3) is 0.286. The average Bonchev–Trinajstić information content (AvgIpc) is 2.46. The molecule has 0 fully saturated rings. The lowest BCUT2D eigenvalue weighted by molar-refractivity contribution is -0.139. The molecule has 1 aromatic heterocycles. The molecule has 2 rings (SSSR count). The van der Waals surface area contributed by atoms with Crippen molar-refractivity contribution in [2.75, 3.05) is 18.6 Å². The predicted octanol–water partition coefficient (Wildman–Crippen LogP) is 4.42. The number of benzene rings is 1. The summed E-state index contributed by atoms with van der Waals surface area (Å²) in [5, 5.41) is 0. The van der Waals surface area contributed by atoms with Crippen molar-refractivity contribution in [1.29, 1.82) is 0 Å². The van der Waals surface area contributed by atoms with Crippen LogP contribution in [0.15, 0.2) is 34.9 Å². The Balaban J connectivity index is 2.39. The normalized spacial score (nSPS) is 11.4. The Bertz CT molecular complexity index is 647. The Kier molecular flexibility index (Phi) is 4.90. The Morgan fingerprint density at radius 3 is 2.41 bits per heavy atom. The second-order valence-corrected chi connectivity index (χ2v) is 5.27. The maximum atomic E-state index is 12.9. The lowest BCUT2D eigenvalue weighted by Crippen LogP contribution is -2.17. The second-order valence-electron chi connectivity index (χ2n) is 4.36. The van der Waals surface area contributed by atoms with Crippen molar-refractivity contribution in [1.82, 2.24) is 9.97 Å². The van der Waals surface area contributed by atoms with E-state index in [1.165, 1.54) is 0 Å². The molecule has 0 aliphatic heterocycles. The van der Waals surface area contributed by atoms with E-state index in [9.17, 15) is 13.2 Å². The van der Waals surface area contributed by atoms with E-state index in [1.807, 2.05) is 12.1 Å². The Morgan fingerprint density at radius 1 is 1.23 bits per heavy atom. The number of ether oxygens (including phenoxy) is 1. The summed E-state index contributed by atoms with van der Waals surface area (Å²) in [6.07, 6.45) is -3.82. The third-order valence-corrected chi connectivity index (χ3v) is 3.37. The average molecular weight is 376 g/mol. The summed E-state index contributed by atoms with van der Waals surface area (Å²) in [6.45, 7) is 1.68. The van der Waals surface area contributed by atoms with Crippen LogP contribution in [0.25, 0.3) is 0 Å². The van der Waals surface area contributed by atoms with Crippen LogP contribution >= 0.6 is 15.9 Å². The van der Waals surface area contributed by atoms with E-state index in [2.05, 4.69) is 25.9 Å². The molecule has 1 aromatic carbocycles. The number of halogens is 4. The number of nitrogens with zero attached hydrogens (tertiary/aromatic N) is 3. The molecule has 0 radical (unpaired) electrons. The van der Waals surface area contributed by atoms with Gasteiger partial charge in [-0.25, -0.2) is 4.98 Å². The van der Waals surface area contributed by atoms with Gasteiger partial charge in [0.15, 0.2) is 0 Å². The fourth-order valence-corrected chi connectivity index (χ4v) is 2.00.